The fourth-order valence-corrected chi connectivity index (χ4v) is 4.21. The van der Waals surface area contributed by atoms with Crippen molar-refractivity contribution in [2.75, 3.05) is 36.7 Å². The van der Waals surface area contributed by atoms with Crippen LogP contribution in [0.5, 0.6) is 0 Å². The third-order valence-electron chi connectivity index (χ3n) is 7.77. The minimum absolute atomic E-state index is 0.000471. The number of benzene rings is 3. The van der Waals surface area contributed by atoms with Crippen LogP contribution in [0, 0.1) is 23.7 Å². The molecule has 0 fully saturated rings. The molecule has 330 valence electrons. The summed E-state index contributed by atoms with van der Waals surface area (Å²) < 4.78 is 30.7. The molecule has 0 unspecified atom stereocenters. The average Bonchev–Trinajstić information content (AvgIpc) is 3.27. The highest BCUT2D eigenvalue weighted by molar-refractivity contribution is 5.94. The molecular formula is C43H62N6O11. The first kappa shape index (κ1) is 46.2. The lowest BCUT2D eigenvalue weighted by atomic mass is 10.1. The van der Waals surface area contributed by atoms with Crippen LogP contribution in [0.1, 0.15) is 72.1 Å². The molecule has 0 atom stereocenters. The van der Waals surface area contributed by atoms with Crippen molar-refractivity contribution in [3.8, 4) is 0 Å². The zero-order valence-electron chi connectivity index (χ0n) is 40.0. The fourth-order valence-electron chi connectivity index (χ4n) is 4.21. The van der Waals surface area contributed by atoms with Gasteiger partial charge in [-0.25, -0.2) is 9.59 Å². The first-order valence-corrected chi connectivity index (χ1v) is 19.0. The molecule has 0 aromatic heterocycles. The number of hydrogen-bond acceptors (Lipinski definition) is 11. The van der Waals surface area contributed by atoms with E-state index in [1.807, 2.05) is 39.8 Å². The summed E-state index contributed by atoms with van der Waals surface area (Å²) in [5.74, 6) is -1.23. The van der Waals surface area contributed by atoms with Gasteiger partial charge in [0.05, 0.1) is 19.7 Å². The Morgan fingerprint density at radius 3 is 1.62 bits per heavy atom. The van der Waals surface area contributed by atoms with Crippen LogP contribution < -0.4 is 21.7 Å². The van der Waals surface area contributed by atoms with Crippen molar-refractivity contribution < 1.29 is 55.0 Å². The quantitative estimate of drug-likeness (QED) is 0.0845. The molecule has 0 aliphatic carbocycles. The van der Waals surface area contributed by atoms with E-state index >= 15 is 0 Å². The van der Waals surface area contributed by atoms with E-state index in [2.05, 4.69) is 31.3 Å². The highest BCUT2D eigenvalue weighted by atomic mass is 16.5. The van der Waals surface area contributed by atoms with Gasteiger partial charge in [-0.05, 0) is 47.0 Å². The van der Waals surface area contributed by atoms with Gasteiger partial charge in [-0.1, -0.05) is 97.9 Å². The number of para-hydroxylation sites is 1. The second-order valence-corrected chi connectivity index (χ2v) is 14.5. The Hall–Kier alpha value is -6.49. The smallest absolute Gasteiger partial charge is 0.408 e. The van der Waals surface area contributed by atoms with E-state index in [9.17, 15) is 33.6 Å². The van der Waals surface area contributed by atoms with Crippen LogP contribution in [0.4, 0.5) is 26.7 Å². The third kappa shape index (κ3) is 23.0. The highest BCUT2D eigenvalue weighted by Gasteiger charge is 2.16. The van der Waals surface area contributed by atoms with Gasteiger partial charge in [0.1, 0.15) is 6.61 Å². The molecule has 0 aliphatic heterocycles. The molecule has 0 saturated heterocycles. The lowest BCUT2D eigenvalue weighted by molar-refractivity contribution is -0.136. The van der Waals surface area contributed by atoms with Crippen molar-refractivity contribution >= 4 is 58.8 Å². The number of aliphatic hydroxyl groups excluding tert-OH is 1. The Morgan fingerprint density at radius 2 is 1.17 bits per heavy atom. The van der Waals surface area contributed by atoms with Crippen LogP contribution in [0.3, 0.4) is 0 Å². The number of primary amides is 1. The number of aliphatic hydroxyl groups is 1. The molecule has 0 bridgehead atoms. The zero-order chi connectivity index (χ0) is 48.9. The molecule has 8 N–H and O–H groups in total. The van der Waals surface area contributed by atoms with Gasteiger partial charge in [0.2, 0.25) is 25.1 Å². The van der Waals surface area contributed by atoms with E-state index in [0.29, 0.717) is 16.9 Å². The number of nitrogens with zero attached hydrogens (tertiary/aromatic N) is 2. The normalized spacial score (nSPS) is 10.8. The standard InChI is InChI=1S/C12H16N2O3.C12H15NO3.C11H15NO2.C8H16N2O3/c1-8(2)11(15)14-10-5-3-9(4-6-10)7-17-12(13)16;1-8(2)12(16)13-10-6-4-3-5-9(10)7-11(14)15;1-8(2)11(14)12-10-5-3-9(7-13)4-6-10;1-6(2)7(11)9(3)5-10(4)8(12)13/h3-6,8H,7H2,1-2H3,(H2,13,16)(H,14,15);3-6,8H,7H2,1-2H3,(H,13,16)(H,14,15);3-6,8,13H,7H2,1-2H3,(H,12,14);6H,5H2,1-4H3,(H,12,13)/i;;13D;/hD3. The highest BCUT2D eigenvalue weighted by Crippen LogP contribution is 2.17. The number of carboxylic acid groups (broad SMARTS) is 2. The maximum Gasteiger partial charge on any atom is 0.408 e. The number of nitrogens with one attached hydrogen (secondary N) is 3. The van der Waals surface area contributed by atoms with Crippen LogP contribution in [0.25, 0.3) is 2.86 Å². The summed E-state index contributed by atoms with van der Waals surface area (Å²) in [6.07, 6.45) is -1.61. The first-order chi connectivity index (χ1) is 30.1. The van der Waals surface area contributed by atoms with Crippen LogP contribution in [0.15, 0.2) is 72.8 Å². The topological polar surface area (TPSA) is 258 Å². The number of carbonyl (C=O) groups is 7. The van der Waals surface area contributed by atoms with Gasteiger partial charge in [0.15, 0.2) is 1.41 Å². The molecule has 0 heterocycles. The van der Waals surface area contributed by atoms with E-state index in [0.717, 1.165) is 21.7 Å². The van der Waals surface area contributed by atoms with E-state index in [1.54, 1.807) is 101 Å². The molecule has 60 heavy (non-hydrogen) atoms. The lowest BCUT2D eigenvalue weighted by Gasteiger charge is -2.23. The second-order valence-electron chi connectivity index (χ2n) is 14.5. The SMILES string of the molecule is [2H]NC(=O)OCc1ccc(NC(=O)C(C)C)cc1.[2H]OC(=O)Cc1ccccc1NC(=O)C(C)C.[2H]OC(=O)N(C)CN(C)C(=O)C(C)C.[2H]OCc1ccc(NC(=O)C(C)C)cc1. The second kappa shape index (κ2) is 28.0. The van der Waals surface area contributed by atoms with Gasteiger partial charge in [0, 0.05) is 54.8 Å². The van der Waals surface area contributed by atoms with Crippen LogP contribution in [-0.2, 0) is 48.3 Å². The minimum atomic E-state index is -0.799. The van der Waals surface area contributed by atoms with E-state index in [4.69, 9.17) is 10.4 Å². The Morgan fingerprint density at radius 1 is 0.667 bits per heavy atom. The largest absolute Gasteiger partial charge is 0.481 e. The number of carboxylic acids is 1. The number of amides is 6. The van der Waals surface area contributed by atoms with Gasteiger partial charge in [-0.3, -0.25) is 28.9 Å². The van der Waals surface area contributed by atoms with E-state index in [-0.39, 0.29) is 73.6 Å². The molecule has 17 nitrogen and oxygen atoms in total. The molecule has 0 spiro atoms. The van der Waals surface area contributed by atoms with Crippen LogP contribution >= 0.6 is 0 Å². The number of aliphatic carboxylic acids is 1. The number of anilines is 3. The first-order valence-electron chi connectivity index (χ1n) is 20.7. The molecule has 3 aromatic rings. The maximum atomic E-state index is 11.6. The van der Waals surface area contributed by atoms with Crippen molar-refractivity contribution in [2.45, 2.75) is 75.0 Å². The minimum Gasteiger partial charge on any atom is -0.481 e. The maximum absolute atomic E-state index is 11.6. The summed E-state index contributed by atoms with van der Waals surface area (Å²) in [5.41, 5.74) is 5.99. The molecule has 17 heteroatoms. The summed E-state index contributed by atoms with van der Waals surface area (Å²) in [7, 11) is 3.05. The zero-order valence-corrected chi connectivity index (χ0v) is 36.0. The van der Waals surface area contributed by atoms with Crippen LogP contribution in [-0.4, -0.2) is 89.1 Å². The van der Waals surface area contributed by atoms with E-state index in [1.165, 1.54) is 11.9 Å². The number of carbonyl (C=O) groups excluding carboxylic acids is 5. The number of ether oxygens (including phenoxy) is 1. The molecule has 3 aromatic carbocycles. The number of nitrogens with two attached hydrogens (primary N) is 1. The van der Waals surface area contributed by atoms with Crippen molar-refractivity contribution in [3.63, 3.8) is 0 Å². The molecule has 6 amide bonds. The fraction of sp³-hybridized carbons (Fsp3) is 0.419. The Bertz CT molecular complexity index is 1920. The van der Waals surface area contributed by atoms with Gasteiger partial charge >= 0.3 is 18.2 Å². The van der Waals surface area contributed by atoms with E-state index < -0.39 is 18.2 Å². The Labute approximate surface area is 358 Å². The lowest BCUT2D eigenvalue weighted by Crippen LogP contribution is -2.41. The van der Waals surface area contributed by atoms with Crippen molar-refractivity contribution in [1.29, 1.82) is 4.29 Å². The monoisotopic (exact) mass is 842 g/mol. The van der Waals surface area contributed by atoms with Crippen molar-refractivity contribution in [2.24, 2.45) is 29.4 Å². The summed E-state index contributed by atoms with van der Waals surface area (Å²) >= 11 is 0. The summed E-state index contributed by atoms with van der Waals surface area (Å²) in [6, 6.07) is 21.2. The average molecular weight is 843 g/mol. The van der Waals surface area contributed by atoms with Crippen molar-refractivity contribution in [3.05, 3.63) is 89.5 Å². The number of hydrogen-bond donors (Lipinski definition) is 7. The molecule has 0 saturated carbocycles. The molecular weight excluding hydrogens is 777 g/mol. The van der Waals surface area contributed by atoms with Crippen LogP contribution in [0.2, 0.25) is 1.41 Å². The van der Waals surface area contributed by atoms with Gasteiger partial charge in [0.25, 0.3) is 2.86 Å². The Kier molecular flexibility index (Phi) is 21.6. The van der Waals surface area contributed by atoms with Crippen molar-refractivity contribution in [1.82, 2.24) is 9.80 Å². The summed E-state index contributed by atoms with van der Waals surface area (Å²) in [5, 5.41) is 20.1. The predicted molar refractivity (Wildman–Crippen MR) is 230 cm³/mol. The van der Waals surface area contributed by atoms with Gasteiger partial charge < -0.3 is 46.6 Å². The Balaban J connectivity index is 0.000000831. The summed E-state index contributed by atoms with van der Waals surface area (Å²) in [6.45, 7) is 14.9. The van der Waals surface area contributed by atoms with Gasteiger partial charge in [-0.2, -0.15) is 0 Å². The number of rotatable bonds is 15. The van der Waals surface area contributed by atoms with Gasteiger partial charge in [-0.15, -0.1) is 0 Å². The molecule has 0 aliphatic rings. The predicted octanol–water partition coefficient (Wildman–Crippen LogP) is 6.23. The molecule has 0 radical (unpaired) electrons. The third-order valence-corrected chi connectivity index (χ3v) is 7.77. The summed E-state index contributed by atoms with van der Waals surface area (Å²) in [4.78, 5) is 80.8. The molecule has 3 rings (SSSR count).